The summed E-state index contributed by atoms with van der Waals surface area (Å²) in [4.78, 5) is 14.8. The Bertz CT molecular complexity index is 736. The molecule has 0 aliphatic rings. The molecule has 0 aliphatic carbocycles. The molecular formula is C17H14N2O. The maximum absolute atomic E-state index is 10.8. The molecule has 0 spiro atoms. The van der Waals surface area contributed by atoms with Crippen LogP contribution >= 0.6 is 0 Å². The lowest BCUT2D eigenvalue weighted by molar-refractivity contribution is 0.111. The molecule has 3 nitrogen and oxygen atoms in total. The first kappa shape index (κ1) is 13.6. The van der Waals surface area contributed by atoms with Crippen molar-refractivity contribution in [3.63, 3.8) is 0 Å². The van der Waals surface area contributed by atoms with Crippen molar-refractivity contribution >= 4 is 17.5 Å². The van der Waals surface area contributed by atoms with Crippen LogP contribution in [0.1, 0.15) is 34.1 Å². The first-order chi connectivity index (χ1) is 9.61. The zero-order valence-electron chi connectivity index (χ0n) is 11.2. The molecule has 0 saturated carbocycles. The molecule has 2 rings (SSSR count). The van der Waals surface area contributed by atoms with Crippen LogP contribution < -0.4 is 5.73 Å². The molecule has 0 saturated heterocycles. The molecule has 98 valence electrons. The van der Waals surface area contributed by atoms with E-state index in [4.69, 9.17) is 5.73 Å². The van der Waals surface area contributed by atoms with Crippen LogP contribution in [-0.2, 0) is 0 Å². The number of benzene rings is 1. The Balaban J connectivity index is 2.47. The number of pyridine rings is 1. The molecule has 0 aliphatic heterocycles. The summed E-state index contributed by atoms with van der Waals surface area (Å²) in [5.41, 5.74) is 10.00. The van der Waals surface area contributed by atoms with Gasteiger partial charge in [-0.1, -0.05) is 30.6 Å². The smallest absolute Gasteiger partial charge is 0.168 e. The van der Waals surface area contributed by atoms with Gasteiger partial charge in [-0.05, 0) is 36.3 Å². The summed E-state index contributed by atoms with van der Waals surface area (Å²) >= 11 is 0. The topological polar surface area (TPSA) is 56.0 Å². The van der Waals surface area contributed by atoms with E-state index in [-0.39, 0.29) is 0 Å². The predicted octanol–water partition coefficient (Wildman–Crippen LogP) is 2.91. The fourth-order valence-corrected chi connectivity index (χ4v) is 1.73. The third-order valence-corrected chi connectivity index (χ3v) is 2.80. The average molecular weight is 262 g/mol. The van der Waals surface area contributed by atoms with E-state index in [2.05, 4.69) is 23.4 Å². The Hall–Kier alpha value is -2.86. The van der Waals surface area contributed by atoms with Gasteiger partial charge in [0, 0.05) is 17.4 Å². The summed E-state index contributed by atoms with van der Waals surface area (Å²) in [6.45, 7) is 5.76. The molecule has 0 atom stereocenters. The molecule has 1 heterocycles. The largest absolute Gasteiger partial charge is 0.398 e. The highest BCUT2D eigenvalue weighted by molar-refractivity contribution is 5.77. The van der Waals surface area contributed by atoms with Crippen molar-refractivity contribution in [3.8, 4) is 11.8 Å². The highest BCUT2D eigenvalue weighted by Gasteiger charge is 2.04. The van der Waals surface area contributed by atoms with Crippen LogP contribution in [0.5, 0.6) is 0 Å². The van der Waals surface area contributed by atoms with Gasteiger partial charge in [-0.15, -0.1) is 0 Å². The van der Waals surface area contributed by atoms with Crippen molar-refractivity contribution < 1.29 is 4.79 Å². The monoisotopic (exact) mass is 262 g/mol. The van der Waals surface area contributed by atoms with Gasteiger partial charge in [0.25, 0.3) is 0 Å². The number of anilines is 1. The number of para-hydroxylation sites is 1. The SMILES string of the molecule is C=C(C)c1cc(C=O)ncc1C#Cc1ccccc1N. The van der Waals surface area contributed by atoms with Crippen LogP contribution in [-0.4, -0.2) is 11.3 Å². The number of rotatable bonds is 2. The highest BCUT2D eigenvalue weighted by Crippen LogP contribution is 2.17. The maximum atomic E-state index is 10.8. The first-order valence-electron chi connectivity index (χ1n) is 6.09. The van der Waals surface area contributed by atoms with E-state index in [0.29, 0.717) is 17.7 Å². The average Bonchev–Trinajstić information content (AvgIpc) is 2.46. The summed E-state index contributed by atoms with van der Waals surface area (Å²) in [5, 5.41) is 0. The second-order valence-corrected chi connectivity index (χ2v) is 4.39. The first-order valence-corrected chi connectivity index (χ1v) is 6.09. The van der Waals surface area contributed by atoms with Crippen LogP contribution in [0.25, 0.3) is 5.57 Å². The van der Waals surface area contributed by atoms with Crippen molar-refractivity contribution in [2.75, 3.05) is 5.73 Å². The van der Waals surface area contributed by atoms with Gasteiger partial charge in [-0.2, -0.15) is 0 Å². The normalized spacial score (nSPS) is 9.45. The molecule has 1 aromatic heterocycles. The molecular weight excluding hydrogens is 248 g/mol. The van der Waals surface area contributed by atoms with Crippen molar-refractivity contribution in [2.45, 2.75) is 6.92 Å². The number of hydrogen-bond acceptors (Lipinski definition) is 3. The molecule has 2 aromatic rings. The van der Waals surface area contributed by atoms with Gasteiger partial charge in [0.2, 0.25) is 0 Å². The summed E-state index contributed by atoms with van der Waals surface area (Å²) in [6.07, 6.45) is 2.29. The zero-order valence-corrected chi connectivity index (χ0v) is 11.2. The van der Waals surface area contributed by atoms with Crippen LogP contribution in [0.15, 0.2) is 43.1 Å². The molecule has 1 aromatic carbocycles. The van der Waals surface area contributed by atoms with E-state index < -0.39 is 0 Å². The van der Waals surface area contributed by atoms with E-state index >= 15 is 0 Å². The second-order valence-electron chi connectivity index (χ2n) is 4.39. The minimum absolute atomic E-state index is 0.368. The summed E-state index contributed by atoms with van der Waals surface area (Å²) < 4.78 is 0. The van der Waals surface area contributed by atoms with E-state index in [1.165, 1.54) is 0 Å². The third-order valence-electron chi connectivity index (χ3n) is 2.80. The molecule has 0 radical (unpaired) electrons. The molecule has 2 N–H and O–H groups in total. The number of aromatic nitrogens is 1. The quantitative estimate of drug-likeness (QED) is 0.514. The minimum Gasteiger partial charge on any atom is -0.398 e. The van der Waals surface area contributed by atoms with E-state index in [0.717, 1.165) is 22.3 Å². The predicted molar refractivity (Wildman–Crippen MR) is 81.2 cm³/mol. The number of carbonyl (C=O) groups excluding carboxylic acids is 1. The molecule has 3 heteroatoms. The van der Waals surface area contributed by atoms with Gasteiger partial charge in [-0.25, -0.2) is 0 Å². The number of nitrogens with two attached hydrogens (primary N) is 1. The van der Waals surface area contributed by atoms with Crippen molar-refractivity contribution in [1.82, 2.24) is 4.98 Å². The molecule has 0 fully saturated rings. The minimum atomic E-state index is 0.368. The van der Waals surface area contributed by atoms with Crippen LogP contribution in [0.3, 0.4) is 0 Å². The Morgan fingerprint density at radius 2 is 2.00 bits per heavy atom. The van der Waals surface area contributed by atoms with Gasteiger partial charge in [0.05, 0.1) is 5.56 Å². The number of allylic oxidation sites excluding steroid dienone is 1. The van der Waals surface area contributed by atoms with Gasteiger partial charge in [0.15, 0.2) is 6.29 Å². The lowest BCUT2D eigenvalue weighted by atomic mass is 10.0. The van der Waals surface area contributed by atoms with Gasteiger partial charge < -0.3 is 5.73 Å². The second kappa shape index (κ2) is 5.85. The van der Waals surface area contributed by atoms with Crippen LogP contribution in [0.2, 0.25) is 0 Å². The lowest BCUT2D eigenvalue weighted by Gasteiger charge is -2.04. The molecule has 20 heavy (non-hydrogen) atoms. The zero-order chi connectivity index (χ0) is 14.5. The Morgan fingerprint density at radius 1 is 1.30 bits per heavy atom. The van der Waals surface area contributed by atoms with E-state index in [1.54, 1.807) is 18.3 Å². The van der Waals surface area contributed by atoms with E-state index in [9.17, 15) is 4.79 Å². The Morgan fingerprint density at radius 3 is 2.65 bits per heavy atom. The van der Waals surface area contributed by atoms with Crippen LogP contribution in [0.4, 0.5) is 5.69 Å². The number of nitrogen functional groups attached to an aromatic ring is 1. The standard InChI is InChI=1S/C17H14N2O/c1-12(2)16-9-15(11-20)19-10-14(16)8-7-13-5-3-4-6-17(13)18/h3-6,9-11H,1,18H2,2H3. The molecule has 0 bridgehead atoms. The molecule has 0 unspecified atom stereocenters. The lowest BCUT2D eigenvalue weighted by Crippen LogP contribution is -1.94. The maximum Gasteiger partial charge on any atom is 0.168 e. The summed E-state index contributed by atoms with van der Waals surface area (Å²) in [5.74, 6) is 6.05. The number of hydrogen-bond donors (Lipinski definition) is 1. The van der Waals surface area contributed by atoms with Gasteiger partial charge >= 0.3 is 0 Å². The number of carbonyl (C=O) groups is 1. The fraction of sp³-hybridized carbons (Fsp3) is 0.0588. The highest BCUT2D eigenvalue weighted by atomic mass is 16.1. The van der Waals surface area contributed by atoms with Gasteiger partial charge in [-0.3, -0.25) is 9.78 Å². The van der Waals surface area contributed by atoms with Crippen molar-refractivity contribution in [1.29, 1.82) is 0 Å². The summed E-state index contributed by atoms with van der Waals surface area (Å²) in [7, 11) is 0. The van der Waals surface area contributed by atoms with Crippen molar-refractivity contribution in [2.24, 2.45) is 0 Å². The Kier molecular flexibility index (Phi) is 3.97. The van der Waals surface area contributed by atoms with E-state index in [1.807, 2.05) is 25.1 Å². The Labute approximate surface area is 118 Å². The van der Waals surface area contributed by atoms with Crippen LogP contribution in [0, 0.1) is 11.8 Å². The third kappa shape index (κ3) is 2.93. The number of aldehydes is 1. The van der Waals surface area contributed by atoms with Crippen molar-refractivity contribution in [3.05, 3.63) is 65.5 Å². The number of nitrogens with zero attached hydrogens (tertiary/aromatic N) is 1. The fourth-order valence-electron chi connectivity index (χ4n) is 1.73. The molecule has 0 amide bonds. The van der Waals surface area contributed by atoms with Gasteiger partial charge in [0.1, 0.15) is 5.69 Å². The summed E-state index contributed by atoms with van der Waals surface area (Å²) in [6, 6.07) is 9.09.